The number of likely N-dealkylation sites (N-methyl/N-ethyl adjacent to an activating group) is 1. The summed E-state index contributed by atoms with van der Waals surface area (Å²) in [6, 6.07) is 0. The second-order valence-corrected chi connectivity index (χ2v) is 13.6. The van der Waals surface area contributed by atoms with Gasteiger partial charge in [0, 0.05) is 18.4 Å². The summed E-state index contributed by atoms with van der Waals surface area (Å²) in [6.07, 6.45) is -0.354. The fourth-order valence-electron chi connectivity index (χ4n) is 3.76. The molecule has 0 aliphatic rings. The zero-order valence-electron chi connectivity index (χ0n) is 27.3. The number of thioether (sulfide) groups is 1. The molecule has 0 saturated heterocycles. The molecule has 0 saturated carbocycles. The molecule has 52 heavy (non-hydrogen) atoms. The molecule has 0 aliphatic carbocycles. The molecule has 0 spiro atoms. The van der Waals surface area contributed by atoms with Crippen LogP contribution in [0.15, 0.2) is 25.0 Å². The van der Waals surface area contributed by atoms with Crippen LogP contribution in [0.1, 0.15) is 78.2 Å². The van der Waals surface area contributed by atoms with Crippen LogP contribution in [0.2, 0.25) is 0 Å². The lowest BCUT2D eigenvalue weighted by Gasteiger charge is -2.33. The van der Waals surface area contributed by atoms with Crippen LogP contribution in [0.4, 0.5) is 0 Å². The van der Waals surface area contributed by atoms with Gasteiger partial charge in [-0.05, 0) is 47.7 Å². The Hall–Kier alpha value is -2.50. The van der Waals surface area contributed by atoms with Crippen molar-refractivity contribution < 1.29 is 71.9 Å². The van der Waals surface area contributed by atoms with Crippen LogP contribution in [0.3, 0.4) is 0 Å². The Kier molecular flexibility index (Phi) is 39.6. The van der Waals surface area contributed by atoms with Gasteiger partial charge in [0.25, 0.3) is 0 Å². The molecule has 16 nitrogen and oxygen atoms in total. The van der Waals surface area contributed by atoms with Crippen molar-refractivity contribution in [2.75, 3.05) is 72.3 Å². The smallest absolute Gasteiger partial charge is 0.469 e. The van der Waals surface area contributed by atoms with Gasteiger partial charge in [0.1, 0.15) is 38.3 Å². The highest BCUT2D eigenvalue weighted by Crippen LogP contribution is 2.39. The van der Waals surface area contributed by atoms with E-state index in [9.17, 15) is 28.8 Å². The van der Waals surface area contributed by atoms with Crippen molar-refractivity contribution in [2.45, 2.75) is 84.3 Å². The molecule has 0 aliphatic heterocycles. The van der Waals surface area contributed by atoms with Crippen molar-refractivity contribution in [3.8, 4) is 0 Å². The zero-order chi connectivity index (χ0) is 35.6. The fraction of sp³-hybridized carbons (Fsp3) is 0.765. The van der Waals surface area contributed by atoms with E-state index in [-0.39, 0.29) is 94.5 Å². The number of carbonyl (C=O) groups is 4. The van der Waals surface area contributed by atoms with E-state index in [1.807, 2.05) is 4.90 Å². The first-order chi connectivity index (χ1) is 21.3. The van der Waals surface area contributed by atoms with Gasteiger partial charge >= 0.3 is 31.7 Å². The van der Waals surface area contributed by atoms with Crippen LogP contribution in [-0.2, 0) is 57.0 Å². The Balaban J connectivity index is -0.000000675. The number of methoxy groups -OCH3 is 1. The first-order valence-electron chi connectivity index (χ1n) is 14.1. The first kappa shape index (κ1) is 64.5. The van der Waals surface area contributed by atoms with Gasteiger partial charge < -0.3 is 43.6 Å². The maximum atomic E-state index is 13.3. The molecule has 0 bridgehead atoms. The van der Waals surface area contributed by atoms with Gasteiger partial charge in [0.2, 0.25) is 0 Å². The van der Waals surface area contributed by atoms with Gasteiger partial charge in [-0.15, -0.1) is 0 Å². The monoisotopic (exact) mass is 797 g/mol. The summed E-state index contributed by atoms with van der Waals surface area (Å²) in [4.78, 5) is 79.6. The largest absolute Gasteiger partial charge is 0.469 e. The molecule has 0 radical (unpaired) electrons. The van der Waals surface area contributed by atoms with Crippen molar-refractivity contribution >= 4 is 43.5 Å². The van der Waals surface area contributed by atoms with E-state index in [0.717, 1.165) is 6.08 Å². The highest BCUT2D eigenvalue weighted by molar-refractivity contribution is 7.99. The highest BCUT2D eigenvalue weighted by atomic mass is 32.2. The number of aliphatic hydroxyl groups is 1. The van der Waals surface area contributed by atoms with E-state index in [1.54, 1.807) is 21.0 Å². The fourth-order valence-corrected chi connectivity index (χ4v) is 5.13. The SMILES string of the molecule is C.C.C.C.C.C.C=CC(=O)OCC(O)COOC(=C)CSCC(C)(CC(CC(C)(C)C(=O)OCCOP(=O)(O)O)C(=O)OCCN(C)C)C(=O)OC. The molecule has 0 aromatic carbocycles. The number of ether oxygens (including phenoxy) is 4. The van der Waals surface area contributed by atoms with Crippen molar-refractivity contribution in [1.29, 1.82) is 0 Å². The van der Waals surface area contributed by atoms with Crippen molar-refractivity contribution in [3.63, 3.8) is 0 Å². The second kappa shape index (κ2) is 32.0. The predicted octanol–water partition coefficient (Wildman–Crippen LogP) is 5.45. The summed E-state index contributed by atoms with van der Waals surface area (Å²) < 4.78 is 35.5. The number of phosphoric ester groups is 1. The molecule has 3 N–H and O–H groups in total. The summed E-state index contributed by atoms with van der Waals surface area (Å²) in [5.74, 6) is -3.21. The third-order valence-corrected chi connectivity index (χ3v) is 7.97. The normalized spacial score (nSPS) is 12.7. The Morgan fingerprint density at radius 1 is 0.885 bits per heavy atom. The minimum atomic E-state index is -4.74. The van der Waals surface area contributed by atoms with E-state index in [0.29, 0.717) is 6.54 Å². The molecular weight excluding hydrogens is 725 g/mol. The maximum Gasteiger partial charge on any atom is 0.469 e. The summed E-state index contributed by atoms with van der Waals surface area (Å²) in [5.41, 5.74) is -2.51. The third-order valence-electron chi connectivity index (χ3n) is 6.08. The Labute approximate surface area is 318 Å². The summed E-state index contributed by atoms with van der Waals surface area (Å²) in [7, 11) is 0.0811. The molecule has 0 amide bonds. The van der Waals surface area contributed by atoms with Crippen LogP contribution in [0.25, 0.3) is 0 Å². The number of phosphoric acid groups is 1. The predicted molar refractivity (Wildman–Crippen MR) is 206 cm³/mol. The van der Waals surface area contributed by atoms with Crippen molar-refractivity contribution in [3.05, 3.63) is 25.0 Å². The van der Waals surface area contributed by atoms with Crippen LogP contribution in [0.5, 0.6) is 0 Å². The zero-order valence-corrected chi connectivity index (χ0v) is 29.0. The third kappa shape index (κ3) is 29.0. The molecule has 3 unspecified atom stereocenters. The van der Waals surface area contributed by atoms with Gasteiger partial charge in [0.15, 0.2) is 0 Å². The quantitative estimate of drug-likeness (QED) is 0.0153. The van der Waals surface area contributed by atoms with E-state index in [4.69, 9.17) is 38.5 Å². The molecule has 0 aromatic rings. The lowest BCUT2D eigenvalue weighted by atomic mass is 9.75. The van der Waals surface area contributed by atoms with Gasteiger partial charge in [-0.3, -0.25) is 18.9 Å². The Bertz CT molecular complexity index is 1070. The van der Waals surface area contributed by atoms with E-state index in [1.165, 1.54) is 32.7 Å². The summed E-state index contributed by atoms with van der Waals surface area (Å²) in [5, 5.41) is 9.78. The Morgan fingerprint density at radius 2 is 1.46 bits per heavy atom. The van der Waals surface area contributed by atoms with Crippen molar-refractivity contribution in [1.82, 2.24) is 4.90 Å². The molecule has 0 heterocycles. The molecule has 314 valence electrons. The van der Waals surface area contributed by atoms with Gasteiger partial charge in [-0.25, -0.2) is 9.36 Å². The number of aliphatic hydroxyl groups excluding tert-OH is 1. The standard InChI is InChI=1S/C28H48NO15PS.6CH4/c1-9-23(31)41-16-22(30)17-42-44-20(2)18-46-19-28(5,26(34)38-8)15-21(24(32)39-11-10-29(6)7)14-27(3,4)25(33)40-12-13-43-45(35,36)37;;;;;;/h9,21-22,30H,1-2,10-19H2,3-8H3,(H2,35,36,37);6*1H4. The average molecular weight is 798 g/mol. The van der Waals surface area contributed by atoms with Gasteiger partial charge in [0.05, 0.1) is 36.2 Å². The molecule has 3 atom stereocenters. The van der Waals surface area contributed by atoms with E-state index >= 15 is 0 Å². The number of rotatable bonds is 25. The van der Waals surface area contributed by atoms with Crippen LogP contribution < -0.4 is 0 Å². The maximum absolute atomic E-state index is 13.3. The van der Waals surface area contributed by atoms with Crippen LogP contribution in [-0.4, -0.2) is 122 Å². The number of hydrogen-bond acceptors (Lipinski definition) is 15. The second-order valence-electron chi connectivity index (χ2n) is 11.4. The highest BCUT2D eigenvalue weighted by Gasteiger charge is 2.43. The Morgan fingerprint density at radius 3 is 1.96 bits per heavy atom. The molecule has 0 rings (SSSR count). The van der Waals surface area contributed by atoms with Crippen LogP contribution >= 0.6 is 19.6 Å². The average Bonchev–Trinajstić information content (AvgIpc) is 2.96. The van der Waals surface area contributed by atoms with Crippen molar-refractivity contribution in [2.24, 2.45) is 16.7 Å². The molecule has 0 fully saturated rings. The summed E-state index contributed by atoms with van der Waals surface area (Å²) >= 11 is 1.23. The molecule has 18 heteroatoms. The molecule has 0 aromatic heterocycles. The van der Waals surface area contributed by atoms with E-state index < -0.39 is 67.8 Å². The number of esters is 4. The lowest BCUT2D eigenvalue weighted by Crippen LogP contribution is -2.40. The molecular formula is C34H72NO15PS. The number of carbonyl (C=O) groups excluding carboxylic acids is 4. The number of nitrogens with zero attached hydrogens (tertiary/aromatic N) is 1. The first-order valence-corrected chi connectivity index (χ1v) is 16.7. The lowest BCUT2D eigenvalue weighted by molar-refractivity contribution is -0.275. The minimum absolute atomic E-state index is 0. The van der Waals surface area contributed by atoms with Crippen LogP contribution in [0, 0.1) is 16.7 Å². The summed E-state index contributed by atoms with van der Waals surface area (Å²) in [6.45, 7) is 10.5. The van der Waals surface area contributed by atoms with E-state index in [2.05, 4.69) is 17.7 Å². The number of hydrogen-bond donors (Lipinski definition) is 3. The van der Waals surface area contributed by atoms with Gasteiger partial charge in [-0.2, -0.15) is 16.6 Å². The topological polar surface area (TPSA) is 214 Å². The van der Waals surface area contributed by atoms with Gasteiger partial charge in [-0.1, -0.05) is 57.7 Å². The minimum Gasteiger partial charge on any atom is -0.469 e.